The third kappa shape index (κ3) is 17.4. The van der Waals surface area contributed by atoms with E-state index < -0.39 is 5.97 Å². The van der Waals surface area contributed by atoms with E-state index in [1.807, 2.05) is 0 Å². The van der Waals surface area contributed by atoms with E-state index in [4.69, 9.17) is 10.9 Å². The second-order valence-electron chi connectivity index (χ2n) is 5.34. The Kier molecular flexibility index (Phi) is 15.0. The molecule has 0 saturated heterocycles. The SMILES string of the molecule is NNCCCCCCCCCCCCCCC(=O)O. The number of carboxylic acids is 1. The first-order chi connectivity index (χ1) is 9.27. The monoisotopic (exact) mass is 272 g/mol. The summed E-state index contributed by atoms with van der Waals surface area (Å²) in [6.45, 7) is 0.932. The average molecular weight is 272 g/mol. The van der Waals surface area contributed by atoms with Gasteiger partial charge in [-0.15, -0.1) is 0 Å². The predicted octanol–water partition coefficient (Wildman–Crippen LogP) is 3.61. The van der Waals surface area contributed by atoms with E-state index >= 15 is 0 Å². The van der Waals surface area contributed by atoms with Gasteiger partial charge >= 0.3 is 5.97 Å². The summed E-state index contributed by atoms with van der Waals surface area (Å²) in [5.74, 6) is 4.54. The maximum absolute atomic E-state index is 10.3. The number of hydrazine groups is 1. The largest absolute Gasteiger partial charge is 0.481 e. The van der Waals surface area contributed by atoms with Crippen molar-refractivity contribution in [1.29, 1.82) is 0 Å². The number of rotatable bonds is 15. The van der Waals surface area contributed by atoms with Crippen LogP contribution in [0.15, 0.2) is 0 Å². The average Bonchev–Trinajstić information content (AvgIpc) is 2.39. The van der Waals surface area contributed by atoms with Crippen molar-refractivity contribution in [2.45, 2.75) is 83.5 Å². The topological polar surface area (TPSA) is 75.3 Å². The summed E-state index contributed by atoms with van der Waals surface area (Å²) in [6, 6.07) is 0. The molecule has 0 aliphatic rings. The number of carbonyl (C=O) groups is 1. The molecule has 0 heterocycles. The van der Waals surface area contributed by atoms with Crippen molar-refractivity contribution in [3.05, 3.63) is 0 Å². The van der Waals surface area contributed by atoms with E-state index in [1.165, 1.54) is 64.2 Å². The number of hydrogen-bond acceptors (Lipinski definition) is 3. The predicted molar refractivity (Wildman–Crippen MR) is 79.8 cm³/mol. The van der Waals surface area contributed by atoms with Crippen molar-refractivity contribution in [1.82, 2.24) is 5.43 Å². The van der Waals surface area contributed by atoms with Gasteiger partial charge in [0.15, 0.2) is 0 Å². The first kappa shape index (κ1) is 18.4. The molecular formula is C15H32N2O2. The summed E-state index contributed by atoms with van der Waals surface area (Å²) in [5, 5.41) is 8.50. The molecule has 0 unspecified atom stereocenters. The van der Waals surface area contributed by atoms with E-state index in [9.17, 15) is 4.79 Å². The lowest BCUT2D eigenvalue weighted by Gasteiger charge is -2.03. The molecule has 0 bridgehead atoms. The lowest BCUT2D eigenvalue weighted by atomic mass is 10.0. The molecule has 0 rings (SSSR count). The van der Waals surface area contributed by atoms with Crippen LogP contribution in [0.2, 0.25) is 0 Å². The molecule has 114 valence electrons. The molecule has 4 heteroatoms. The van der Waals surface area contributed by atoms with Gasteiger partial charge in [0.1, 0.15) is 0 Å². The molecule has 0 aliphatic heterocycles. The fraction of sp³-hybridized carbons (Fsp3) is 0.933. The highest BCUT2D eigenvalue weighted by Crippen LogP contribution is 2.12. The summed E-state index contributed by atoms with van der Waals surface area (Å²) in [4.78, 5) is 10.3. The molecule has 0 amide bonds. The van der Waals surface area contributed by atoms with Crippen LogP contribution in [0.3, 0.4) is 0 Å². The Morgan fingerprint density at radius 2 is 1.11 bits per heavy atom. The number of nitrogens with two attached hydrogens (primary N) is 1. The molecule has 0 radical (unpaired) electrons. The van der Waals surface area contributed by atoms with Crippen LogP contribution in [0, 0.1) is 0 Å². The van der Waals surface area contributed by atoms with E-state index in [2.05, 4.69) is 5.43 Å². The molecule has 19 heavy (non-hydrogen) atoms. The van der Waals surface area contributed by atoms with Crippen molar-refractivity contribution < 1.29 is 9.90 Å². The summed E-state index contributed by atoms with van der Waals surface area (Å²) < 4.78 is 0. The van der Waals surface area contributed by atoms with Crippen LogP contribution in [0.25, 0.3) is 0 Å². The standard InChI is InChI=1S/C15H32N2O2/c16-17-14-12-10-8-6-4-2-1-3-5-7-9-11-13-15(18)19/h17H,1-14,16H2,(H,18,19). The number of hydrogen-bond donors (Lipinski definition) is 3. The quantitative estimate of drug-likeness (QED) is 0.242. The molecule has 0 aromatic rings. The highest BCUT2D eigenvalue weighted by atomic mass is 16.4. The normalized spacial score (nSPS) is 10.8. The van der Waals surface area contributed by atoms with Crippen LogP contribution in [-0.4, -0.2) is 17.6 Å². The van der Waals surface area contributed by atoms with Gasteiger partial charge in [-0.25, -0.2) is 0 Å². The smallest absolute Gasteiger partial charge is 0.303 e. The molecule has 0 aromatic heterocycles. The molecular weight excluding hydrogens is 240 g/mol. The lowest BCUT2D eigenvalue weighted by Crippen LogP contribution is -2.22. The minimum absolute atomic E-state index is 0.333. The van der Waals surface area contributed by atoms with Crippen LogP contribution >= 0.6 is 0 Å². The Bertz CT molecular complexity index is 199. The van der Waals surface area contributed by atoms with Crippen molar-refractivity contribution in [2.75, 3.05) is 6.54 Å². The highest BCUT2D eigenvalue weighted by Gasteiger charge is 1.96. The zero-order chi connectivity index (χ0) is 14.2. The second kappa shape index (κ2) is 15.4. The van der Waals surface area contributed by atoms with Crippen molar-refractivity contribution in [3.8, 4) is 0 Å². The van der Waals surface area contributed by atoms with Crippen LogP contribution in [0.5, 0.6) is 0 Å². The molecule has 4 nitrogen and oxygen atoms in total. The third-order valence-corrected chi connectivity index (χ3v) is 3.46. The molecule has 4 N–H and O–H groups in total. The maximum Gasteiger partial charge on any atom is 0.303 e. The van der Waals surface area contributed by atoms with Gasteiger partial charge in [-0.3, -0.25) is 16.1 Å². The minimum atomic E-state index is -0.665. The molecule has 0 atom stereocenters. The van der Waals surface area contributed by atoms with Crippen molar-refractivity contribution in [3.63, 3.8) is 0 Å². The van der Waals surface area contributed by atoms with E-state index in [-0.39, 0.29) is 0 Å². The molecule has 0 aliphatic carbocycles. The molecule has 0 saturated carbocycles. The van der Waals surface area contributed by atoms with Gasteiger partial charge in [0, 0.05) is 13.0 Å². The third-order valence-electron chi connectivity index (χ3n) is 3.46. The van der Waals surface area contributed by atoms with Crippen LogP contribution in [0.1, 0.15) is 83.5 Å². The molecule has 0 spiro atoms. The minimum Gasteiger partial charge on any atom is -0.481 e. The Morgan fingerprint density at radius 3 is 1.47 bits per heavy atom. The number of nitrogens with one attached hydrogen (secondary N) is 1. The van der Waals surface area contributed by atoms with Crippen LogP contribution in [0.4, 0.5) is 0 Å². The Labute approximate surface area is 118 Å². The fourth-order valence-electron chi connectivity index (χ4n) is 2.27. The Balaban J connectivity index is 2.93. The summed E-state index contributed by atoms with van der Waals surface area (Å²) in [7, 11) is 0. The highest BCUT2D eigenvalue weighted by molar-refractivity contribution is 5.66. The Hall–Kier alpha value is -0.610. The van der Waals surface area contributed by atoms with Gasteiger partial charge in [-0.2, -0.15) is 0 Å². The zero-order valence-corrected chi connectivity index (χ0v) is 12.3. The fourth-order valence-corrected chi connectivity index (χ4v) is 2.27. The van der Waals surface area contributed by atoms with Crippen LogP contribution < -0.4 is 11.3 Å². The van der Waals surface area contributed by atoms with Gasteiger partial charge < -0.3 is 5.11 Å². The number of unbranched alkanes of at least 4 members (excludes halogenated alkanes) is 11. The van der Waals surface area contributed by atoms with Crippen LogP contribution in [-0.2, 0) is 4.79 Å². The lowest BCUT2D eigenvalue weighted by molar-refractivity contribution is -0.137. The van der Waals surface area contributed by atoms with Gasteiger partial charge in [-0.1, -0.05) is 64.2 Å². The number of carboxylic acid groups (broad SMARTS) is 1. The second-order valence-corrected chi connectivity index (χ2v) is 5.34. The van der Waals surface area contributed by atoms with Crippen molar-refractivity contribution >= 4 is 5.97 Å². The Morgan fingerprint density at radius 1 is 0.737 bits per heavy atom. The zero-order valence-electron chi connectivity index (χ0n) is 12.3. The van der Waals surface area contributed by atoms with Crippen molar-refractivity contribution in [2.24, 2.45) is 5.84 Å². The van der Waals surface area contributed by atoms with E-state index in [1.54, 1.807) is 0 Å². The van der Waals surface area contributed by atoms with Gasteiger partial charge in [0.2, 0.25) is 0 Å². The summed E-state index contributed by atoms with van der Waals surface area (Å²) in [6.07, 6.45) is 15.2. The van der Waals surface area contributed by atoms with E-state index in [0.29, 0.717) is 6.42 Å². The van der Waals surface area contributed by atoms with Gasteiger partial charge in [0.05, 0.1) is 0 Å². The van der Waals surface area contributed by atoms with E-state index in [0.717, 1.165) is 19.4 Å². The first-order valence-corrected chi connectivity index (χ1v) is 7.92. The summed E-state index contributed by atoms with van der Waals surface area (Å²) >= 11 is 0. The first-order valence-electron chi connectivity index (χ1n) is 7.92. The maximum atomic E-state index is 10.3. The summed E-state index contributed by atoms with van der Waals surface area (Å²) in [5.41, 5.74) is 2.68. The molecule has 0 aromatic carbocycles. The van der Waals surface area contributed by atoms with Gasteiger partial charge in [-0.05, 0) is 12.8 Å². The molecule has 0 fully saturated rings. The van der Waals surface area contributed by atoms with Gasteiger partial charge in [0.25, 0.3) is 0 Å². The number of aliphatic carboxylic acids is 1.